The molecule has 1 aromatic heterocycles. The van der Waals surface area contributed by atoms with Gasteiger partial charge >= 0.3 is 5.97 Å². The molecule has 0 unspecified atom stereocenters. The van der Waals surface area contributed by atoms with E-state index in [4.69, 9.17) is 4.74 Å². The molecule has 0 saturated carbocycles. The second kappa shape index (κ2) is 9.16. The number of thiophene rings is 1. The van der Waals surface area contributed by atoms with Crippen LogP contribution in [0.15, 0.2) is 36.2 Å². The van der Waals surface area contributed by atoms with Gasteiger partial charge in [-0.05, 0) is 31.9 Å². The maximum Gasteiger partial charge on any atom is 0.341 e. The fourth-order valence-electron chi connectivity index (χ4n) is 2.77. The van der Waals surface area contributed by atoms with E-state index in [1.807, 2.05) is 32.0 Å². The molecule has 2 rings (SSSR count). The number of anilines is 1. The summed E-state index contributed by atoms with van der Waals surface area (Å²) in [5, 5.41) is 4.58. The van der Waals surface area contributed by atoms with E-state index in [1.54, 1.807) is 12.3 Å². The van der Waals surface area contributed by atoms with E-state index in [9.17, 15) is 18.0 Å². The van der Waals surface area contributed by atoms with Crippen molar-refractivity contribution < 1.29 is 22.7 Å². The number of carbonyl (C=O) groups excluding carboxylic acids is 2. The zero-order valence-corrected chi connectivity index (χ0v) is 17.7. The number of hydrogen-bond acceptors (Lipinski definition) is 6. The van der Waals surface area contributed by atoms with Crippen LogP contribution in [0.1, 0.15) is 28.4 Å². The number of sulfone groups is 1. The van der Waals surface area contributed by atoms with Gasteiger partial charge in [0.05, 0.1) is 12.4 Å². The maximum absolute atomic E-state index is 12.6. The molecule has 150 valence electrons. The standard InChI is InChI=1S/C20H23NO5S2/c1-5-9-28(24,25)12-17(22)21-19-18(20(23)26-6-2)16(11-27-19)15-8-7-13(3)10-14(15)4/h5,7-8,10-11H,1,6,9,12H2,2-4H3,(H,21,22). The van der Waals surface area contributed by atoms with Gasteiger partial charge in [0.15, 0.2) is 9.84 Å². The molecule has 0 spiro atoms. The van der Waals surface area contributed by atoms with Crippen molar-refractivity contribution >= 4 is 38.1 Å². The first-order valence-electron chi connectivity index (χ1n) is 8.66. The molecule has 2 aromatic rings. The fourth-order valence-corrected chi connectivity index (χ4v) is 4.68. The van der Waals surface area contributed by atoms with E-state index in [2.05, 4.69) is 11.9 Å². The molecular weight excluding hydrogens is 398 g/mol. The van der Waals surface area contributed by atoms with Crippen molar-refractivity contribution in [3.8, 4) is 11.1 Å². The van der Waals surface area contributed by atoms with Crippen LogP contribution < -0.4 is 5.32 Å². The Kier molecular flexibility index (Phi) is 7.15. The minimum Gasteiger partial charge on any atom is -0.462 e. The minimum atomic E-state index is -3.59. The third-order valence-electron chi connectivity index (χ3n) is 3.92. The summed E-state index contributed by atoms with van der Waals surface area (Å²) in [7, 11) is -3.59. The topological polar surface area (TPSA) is 89.5 Å². The monoisotopic (exact) mass is 421 g/mol. The van der Waals surface area contributed by atoms with Crippen LogP contribution in [0, 0.1) is 13.8 Å². The van der Waals surface area contributed by atoms with Crippen LogP contribution in [0.3, 0.4) is 0 Å². The smallest absolute Gasteiger partial charge is 0.341 e. The molecule has 1 N–H and O–H groups in total. The Morgan fingerprint density at radius 1 is 1.25 bits per heavy atom. The molecule has 1 heterocycles. The van der Waals surface area contributed by atoms with E-state index in [1.165, 1.54) is 6.08 Å². The third-order valence-corrected chi connectivity index (χ3v) is 6.26. The largest absolute Gasteiger partial charge is 0.462 e. The summed E-state index contributed by atoms with van der Waals surface area (Å²) in [5.41, 5.74) is 3.80. The van der Waals surface area contributed by atoms with Crippen LogP contribution in [-0.2, 0) is 19.4 Å². The second-order valence-corrected chi connectivity index (χ2v) is 9.27. The molecule has 0 bridgehead atoms. The molecule has 28 heavy (non-hydrogen) atoms. The molecule has 0 fully saturated rings. The number of amides is 1. The lowest BCUT2D eigenvalue weighted by molar-refractivity contribution is -0.113. The highest BCUT2D eigenvalue weighted by molar-refractivity contribution is 7.92. The Bertz CT molecular complexity index is 1010. The average molecular weight is 422 g/mol. The summed E-state index contributed by atoms with van der Waals surface area (Å²) < 4.78 is 28.8. The number of aryl methyl sites for hydroxylation is 2. The van der Waals surface area contributed by atoms with Crippen LogP contribution in [0.5, 0.6) is 0 Å². The van der Waals surface area contributed by atoms with Crippen LogP contribution in [-0.4, -0.2) is 38.4 Å². The van der Waals surface area contributed by atoms with Gasteiger partial charge in [-0.25, -0.2) is 13.2 Å². The molecule has 0 aliphatic rings. The van der Waals surface area contributed by atoms with Gasteiger partial charge in [-0.3, -0.25) is 4.79 Å². The molecule has 0 aliphatic carbocycles. The van der Waals surface area contributed by atoms with Gasteiger partial charge in [-0.15, -0.1) is 17.9 Å². The molecule has 0 atom stereocenters. The van der Waals surface area contributed by atoms with Crippen LogP contribution in [0.4, 0.5) is 5.00 Å². The van der Waals surface area contributed by atoms with Gasteiger partial charge in [-0.1, -0.05) is 29.8 Å². The predicted molar refractivity (Wildman–Crippen MR) is 113 cm³/mol. The van der Waals surface area contributed by atoms with Crippen molar-refractivity contribution in [3.63, 3.8) is 0 Å². The van der Waals surface area contributed by atoms with E-state index < -0.39 is 27.5 Å². The van der Waals surface area contributed by atoms with Crippen molar-refractivity contribution in [1.29, 1.82) is 0 Å². The molecule has 0 saturated heterocycles. The van der Waals surface area contributed by atoms with Crippen molar-refractivity contribution in [2.75, 3.05) is 23.4 Å². The van der Waals surface area contributed by atoms with Gasteiger partial charge < -0.3 is 10.1 Å². The molecule has 1 amide bonds. The number of carbonyl (C=O) groups is 2. The zero-order valence-electron chi connectivity index (χ0n) is 16.1. The van der Waals surface area contributed by atoms with Gasteiger partial charge in [0, 0.05) is 10.9 Å². The number of esters is 1. The predicted octanol–water partition coefficient (Wildman–Crippen LogP) is 3.75. The SMILES string of the molecule is C=CCS(=O)(=O)CC(=O)Nc1scc(-c2ccc(C)cc2C)c1C(=O)OCC. The van der Waals surface area contributed by atoms with E-state index in [-0.39, 0.29) is 22.9 Å². The fraction of sp³-hybridized carbons (Fsp3) is 0.300. The highest BCUT2D eigenvalue weighted by atomic mass is 32.2. The van der Waals surface area contributed by atoms with Crippen molar-refractivity contribution in [2.24, 2.45) is 0 Å². The lowest BCUT2D eigenvalue weighted by Gasteiger charge is -2.11. The Labute approximate surface area is 169 Å². The first-order valence-corrected chi connectivity index (χ1v) is 11.4. The molecule has 6 nitrogen and oxygen atoms in total. The number of rotatable bonds is 8. The summed E-state index contributed by atoms with van der Waals surface area (Å²) in [4.78, 5) is 24.8. The lowest BCUT2D eigenvalue weighted by Crippen LogP contribution is -2.24. The van der Waals surface area contributed by atoms with Gasteiger partial charge in [0.25, 0.3) is 0 Å². The summed E-state index contributed by atoms with van der Waals surface area (Å²) in [5.74, 6) is -2.24. The Balaban J connectivity index is 2.42. The minimum absolute atomic E-state index is 0.183. The average Bonchev–Trinajstić information content (AvgIpc) is 2.97. The Morgan fingerprint density at radius 3 is 2.57 bits per heavy atom. The van der Waals surface area contributed by atoms with Crippen molar-refractivity contribution in [1.82, 2.24) is 0 Å². The van der Waals surface area contributed by atoms with Crippen LogP contribution >= 0.6 is 11.3 Å². The van der Waals surface area contributed by atoms with Crippen LogP contribution in [0.2, 0.25) is 0 Å². The summed E-state index contributed by atoms with van der Waals surface area (Å²) in [6.45, 7) is 9.17. The highest BCUT2D eigenvalue weighted by Gasteiger charge is 2.25. The molecule has 0 radical (unpaired) electrons. The van der Waals surface area contributed by atoms with Gasteiger partial charge in [0.2, 0.25) is 5.91 Å². The van der Waals surface area contributed by atoms with E-state index in [0.717, 1.165) is 28.0 Å². The third kappa shape index (κ3) is 5.30. The number of nitrogens with one attached hydrogen (secondary N) is 1. The first kappa shape index (κ1) is 21.8. The lowest BCUT2D eigenvalue weighted by atomic mass is 9.97. The first-order chi connectivity index (χ1) is 13.2. The summed E-state index contributed by atoms with van der Waals surface area (Å²) in [6, 6.07) is 5.85. The van der Waals surface area contributed by atoms with Gasteiger partial charge in [0.1, 0.15) is 16.3 Å². The highest BCUT2D eigenvalue weighted by Crippen LogP contribution is 2.37. The Hall–Kier alpha value is -2.45. The van der Waals surface area contributed by atoms with Crippen LogP contribution in [0.25, 0.3) is 11.1 Å². The molecule has 1 aromatic carbocycles. The number of ether oxygens (including phenoxy) is 1. The molecule has 0 aliphatic heterocycles. The molecule has 8 heteroatoms. The van der Waals surface area contributed by atoms with Gasteiger partial charge in [-0.2, -0.15) is 0 Å². The maximum atomic E-state index is 12.6. The van der Waals surface area contributed by atoms with Crippen molar-refractivity contribution in [3.05, 3.63) is 52.9 Å². The Morgan fingerprint density at radius 2 is 1.96 bits per heavy atom. The van der Waals surface area contributed by atoms with E-state index >= 15 is 0 Å². The quantitative estimate of drug-likeness (QED) is 0.518. The van der Waals surface area contributed by atoms with Crippen molar-refractivity contribution in [2.45, 2.75) is 20.8 Å². The van der Waals surface area contributed by atoms with E-state index in [0.29, 0.717) is 5.56 Å². The number of hydrogen-bond donors (Lipinski definition) is 1. The summed E-state index contributed by atoms with van der Waals surface area (Å²) in [6.07, 6.45) is 1.23. The summed E-state index contributed by atoms with van der Waals surface area (Å²) >= 11 is 1.16. The number of benzene rings is 1. The second-order valence-electron chi connectivity index (χ2n) is 6.28. The zero-order chi connectivity index (χ0) is 20.9. The molecular formula is C20H23NO5S2. The normalized spacial score (nSPS) is 11.1.